The molecule has 1 aliphatic carbocycles. The molecule has 3 N–H and O–H groups in total. The van der Waals surface area contributed by atoms with Crippen LogP contribution in [0.25, 0.3) is 0 Å². The highest BCUT2D eigenvalue weighted by Gasteiger charge is 2.27. The van der Waals surface area contributed by atoms with Gasteiger partial charge in [-0.3, -0.25) is 0 Å². The van der Waals surface area contributed by atoms with E-state index in [2.05, 4.69) is 15.1 Å². The second kappa shape index (κ2) is 3.42. The lowest BCUT2D eigenvalue weighted by molar-refractivity contribution is 0.318. The molecule has 0 unspecified atom stereocenters. The molecule has 1 fully saturated rings. The van der Waals surface area contributed by atoms with E-state index < -0.39 is 0 Å². The SMILES string of the molecule is NC(=NO)c1cc(Cl)nc(C2CC2)n1. The summed E-state index contributed by atoms with van der Waals surface area (Å²) in [4.78, 5) is 8.23. The van der Waals surface area contributed by atoms with Gasteiger partial charge in [-0.25, -0.2) is 9.97 Å². The molecule has 1 heterocycles. The minimum absolute atomic E-state index is 0.0452. The van der Waals surface area contributed by atoms with E-state index in [0.29, 0.717) is 22.6 Å². The first-order chi connectivity index (χ1) is 6.70. The summed E-state index contributed by atoms with van der Waals surface area (Å²) in [6.07, 6.45) is 2.16. The molecular weight excluding hydrogens is 204 g/mol. The molecule has 1 aliphatic rings. The quantitative estimate of drug-likeness (QED) is 0.253. The lowest BCUT2D eigenvalue weighted by atomic mass is 10.3. The highest BCUT2D eigenvalue weighted by Crippen LogP contribution is 2.38. The number of nitrogens with two attached hydrogens (primary N) is 1. The minimum atomic E-state index is -0.0452. The molecule has 0 radical (unpaired) electrons. The Morgan fingerprint density at radius 3 is 2.86 bits per heavy atom. The minimum Gasteiger partial charge on any atom is -0.409 e. The zero-order valence-electron chi connectivity index (χ0n) is 7.31. The predicted molar refractivity (Wildman–Crippen MR) is 51.5 cm³/mol. The number of rotatable bonds is 2. The molecule has 1 aromatic rings. The number of aromatic nitrogens is 2. The van der Waals surface area contributed by atoms with Crippen LogP contribution in [-0.2, 0) is 0 Å². The topological polar surface area (TPSA) is 84.4 Å². The average molecular weight is 213 g/mol. The summed E-state index contributed by atoms with van der Waals surface area (Å²) < 4.78 is 0. The smallest absolute Gasteiger partial charge is 0.188 e. The van der Waals surface area contributed by atoms with Crippen LogP contribution in [0.5, 0.6) is 0 Å². The Balaban J connectivity index is 2.40. The van der Waals surface area contributed by atoms with Crippen LogP contribution in [0.3, 0.4) is 0 Å². The molecule has 0 saturated heterocycles. The van der Waals surface area contributed by atoms with Crippen LogP contribution in [0.1, 0.15) is 30.3 Å². The Kier molecular flexibility index (Phi) is 2.25. The van der Waals surface area contributed by atoms with Crippen molar-refractivity contribution >= 4 is 17.4 Å². The monoisotopic (exact) mass is 212 g/mol. The first-order valence-electron chi connectivity index (χ1n) is 4.23. The van der Waals surface area contributed by atoms with Crippen LogP contribution in [0.4, 0.5) is 0 Å². The van der Waals surface area contributed by atoms with E-state index in [0.717, 1.165) is 12.8 Å². The van der Waals surface area contributed by atoms with Gasteiger partial charge in [0.2, 0.25) is 0 Å². The zero-order valence-corrected chi connectivity index (χ0v) is 8.07. The third kappa shape index (κ3) is 1.77. The van der Waals surface area contributed by atoms with Gasteiger partial charge >= 0.3 is 0 Å². The van der Waals surface area contributed by atoms with Gasteiger partial charge in [0.25, 0.3) is 0 Å². The summed E-state index contributed by atoms with van der Waals surface area (Å²) in [6, 6.07) is 1.47. The normalized spacial score (nSPS) is 17.1. The van der Waals surface area contributed by atoms with E-state index in [-0.39, 0.29) is 5.84 Å². The van der Waals surface area contributed by atoms with Gasteiger partial charge in [-0.2, -0.15) is 0 Å². The molecule has 0 aromatic carbocycles. The Hall–Kier alpha value is -1.36. The van der Waals surface area contributed by atoms with Crippen molar-refractivity contribution in [2.24, 2.45) is 10.9 Å². The zero-order chi connectivity index (χ0) is 10.1. The molecule has 74 valence electrons. The van der Waals surface area contributed by atoms with Crippen LogP contribution in [0.15, 0.2) is 11.2 Å². The Labute approximate surface area is 85.6 Å². The van der Waals surface area contributed by atoms with Gasteiger partial charge in [-0.05, 0) is 12.8 Å². The first kappa shape index (κ1) is 9.21. The molecule has 0 bridgehead atoms. The molecule has 0 spiro atoms. The first-order valence-corrected chi connectivity index (χ1v) is 4.61. The van der Waals surface area contributed by atoms with Gasteiger partial charge < -0.3 is 10.9 Å². The number of amidine groups is 1. The average Bonchev–Trinajstić information content (AvgIpc) is 2.98. The largest absolute Gasteiger partial charge is 0.409 e. The molecule has 5 nitrogen and oxygen atoms in total. The van der Waals surface area contributed by atoms with Gasteiger partial charge in [0, 0.05) is 12.0 Å². The fourth-order valence-electron chi connectivity index (χ4n) is 1.14. The number of halogens is 1. The van der Waals surface area contributed by atoms with Gasteiger partial charge in [0.05, 0.1) is 0 Å². The van der Waals surface area contributed by atoms with Gasteiger partial charge in [-0.15, -0.1) is 0 Å². The van der Waals surface area contributed by atoms with E-state index in [1.54, 1.807) is 0 Å². The maximum atomic E-state index is 8.48. The van der Waals surface area contributed by atoms with Crippen LogP contribution >= 0.6 is 11.6 Å². The second-order valence-corrected chi connectivity index (χ2v) is 3.58. The molecule has 2 rings (SSSR count). The van der Waals surface area contributed by atoms with E-state index >= 15 is 0 Å². The van der Waals surface area contributed by atoms with Gasteiger partial charge in [0.15, 0.2) is 5.84 Å². The Morgan fingerprint density at radius 1 is 1.57 bits per heavy atom. The third-order valence-corrected chi connectivity index (χ3v) is 2.22. The van der Waals surface area contributed by atoms with Crippen molar-refractivity contribution in [1.82, 2.24) is 9.97 Å². The van der Waals surface area contributed by atoms with Crippen LogP contribution < -0.4 is 5.73 Å². The van der Waals surface area contributed by atoms with Crippen molar-refractivity contribution in [3.8, 4) is 0 Å². The summed E-state index contributed by atoms with van der Waals surface area (Å²) in [5, 5.41) is 11.7. The molecule has 6 heteroatoms. The van der Waals surface area contributed by atoms with Crippen LogP contribution in [0.2, 0.25) is 5.15 Å². The van der Waals surface area contributed by atoms with E-state index in [1.807, 2.05) is 0 Å². The highest BCUT2D eigenvalue weighted by atomic mass is 35.5. The second-order valence-electron chi connectivity index (χ2n) is 3.19. The van der Waals surface area contributed by atoms with Crippen molar-refractivity contribution in [3.63, 3.8) is 0 Å². The molecule has 0 atom stereocenters. The maximum Gasteiger partial charge on any atom is 0.188 e. The highest BCUT2D eigenvalue weighted by molar-refractivity contribution is 6.29. The van der Waals surface area contributed by atoms with Crippen LogP contribution in [0, 0.1) is 0 Å². The number of oxime groups is 1. The van der Waals surface area contributed by atoms with Gasteiger partial charge in [0.1, 0.15) is 16.7 Å². The fraction of sp³-hybridized carbons (Fsp3) is 0.375. The van der Waals surface area contributed by atoms with Crippen molar-refractivity contribution in [1.29, 1.82) is 0 Å². The number of hydrogen-bond acceptors (Lipinski definition) is 4. The lowest BCUT2D eigenvalue weighted by Gasteiger charge is -2.01. The molecule has 1 saturated carbocycles. The Morgan fingerprint density at radius 2 is 2.29 bits per heavy atom. The fourth-order valence-corrected chi connectivity index (χ4v) is 1.33. The van der Waals surface area contributed by atoms with E-state index in [4.69, 9.17) is 22.5 Å². The maximum absolute atomic E-state index is 8.48. The number of hydrogen-bond donors (Lipinski definition) is 2. The van der Waals surface area contributed by atoms with Gasteiger partial charge in [-0.1, -0.05) is 16.8 Å². The van der Waals surface area contributed by atoms with Crippen molar-refractivity contribution in [3.05, 3.63) is 22.7 Å². The van der Waals surface area contributed by atoms with Crippen LogP contribution in [-0.4, -0.2) is 21.0 Å². The Bertz CT molecular complexity index is 389. The standard InChI is InChI=1S/C8H9ClN4O/c9-6-3-5(7(10)13-14)11-8(12-6)4-1-2-4/h3-4,14H,1-2H2,(H2,10,13). The predicted octanol–water partition coefficient (Wildman–Crippen LogP) is 1.10. The molecule has 1 aromatic heterocycles. The molecule has 14 heavy (non-hydrogen) atoms. The molecule has 0 aliphatic heterocycles. The van der Waals surface area contributed by atoms with E-state index in [9.17, 15) is 0 Å². The summed E-state index contributed by atoms with van der Waals surface area (Å²) in [5.41, 5.74) is 5.77. The van der Waals surface area contributed by atoms with Crippen molar-refractivity contribution in [2.45, 2.75) is 18.8 Å². The van der Waals surface area contributed by atoms with Crippen molar-refractivity contribution in [2.75, 3.05) is 0 Å². The third-order valence-electron chi connectivity index (χ3n) is 2.02. The molecular formula is C8H9ClN4O. The molecule has 0 amide bonds. The summed E-state index contributed by atoms with van der Waals surface area (Å²) in [7, 11) is 0. The van der Waals surface area contributed by atoms with Crippen molar-refractivity contribution < 1.29 is 5.21 Å². The lowest BCUT2D eigenvalue weighted by Crippen LogP contribution is -2.16. The number of nitrogens with zero attached hydrogens (tertiary/aromatic N) is 3. The summed E-state index contributed by atoms with van der Waals surface area (Å²) in [5.74, 6) is 1.02. The summed E-state index contributed by atoms with van der Waals surface area (Å²) in [6.45, 7) is 0. The summed E-state index contributed by atoms with van der Waals surface area (Å²) >= 11 is 5.78. The van der Waals surface area contributed by atoms with E-state index in [1.165, 1.54) is 6.07 Å².